The Hall–Kier alpha value is 2.02. The second kappa shape index (κ2) is 3.96. The van der Waals surface area contributed by atoms with Crippen molar-refractivity contribution in [3.05, 3.63) is 0 Å². The van der Waals surface area contributed by atoms with Crippen molar-refractivity contribution in [3.63, 3.8) is 0 Å². The van der Waals surface area contributed by atoms with Crippen LogP contribution in [-0.2, 0) is 4.57 Å². The van der Waals surface area contributed by atoms with E-state index < -0.39 is 6.95 Å². The summed E-state index contributed by atoms with van der Waals surface area (Å²) in [6, 6.07) is 0. The molecule has 0 aliphatic rings. The molecule has 0 fully saturated rings. The van der Waals surface area contributed by atoms with Crippen molar-refractivity contribution < 1.29 is 63.7 Å². The zero-order chi connectivity index (χ0) is 4.50. The van der Waals surface area contributed by atoms with Crippen molar-refractivity contribution in [2.75, 3.05) is 0 Å². The van der Waals surface area contributed by atoms with Gasteiger partial charge in [-0.3, -0.25) is 0 Å². The Morgan fingerprint density at radius 3 is 1.50 bits per heavy atom. The van der Waals surface area contributed by atoms with Gasteiger partial charge in [-0.1, -0.05) is 11.2 Å². The number of hydrogen-bond donors (Lipinski definition) is 0. The van der Waals surface area contributed by atoms with E-state index in [2.05, 4.69) is 11.2 Å². The van der Waals surface area contributed by atoms with Crippen LogP contribution in [0.4, 0.5) is 0 Å². The van der Waals surface area contributed by atoms with E-state index in [4.69, 9.17) is 14.4 Å². The van der Waals surface area contributed by atoms with Gasteiger partial charge in [0.2, 0.25) is 0 Å². The molecule has 3 nitrogen and oxygen atoms in total. The Bertz CT molecular complexity index is 56.9. The molecule has 0 aliphatic carbocycles. The molecule has 0 unspecified atom stereocenters. The Morgan fingerprint density at radius 1 is 1.50 bits per heavy atom. The summed E-state index contributed by atoms with van der Waals surface area (Å²) >= 11 is 3.97. The second-order valence-electron chi connectivity index (χ2n) is 0.431. The number of hydrogen-bond acceptors (Lipinski definition) is 3. The quantitative estimate of drug-likeness (QED) is 0.531. The molecule has 0 aromatic heterocycles. The van der Waals surface area contributed by atoms with E-state index in [1.165, 1.54) is 0 Å². The van der Waals surface area contributed by atoms with E-state index >= 15 is 0 Å². The first-order chi connectivity index (χ1) is 2.00. The largest absolute Gasteiger partial charge is 2.00 e. The van der Waals surface area contributed by atoms with E-state index in [0.29, 0.717) is 0 Å². The molecule has 0 saturated heterocycles. The van der Waals surface area contributed by atoms with Gasteiger partial charge in [-0.15, -0.1) is 0 Å². The van der Waals surface area contributed by atoms with E-state index in [0.717, 1.165) is 0 Å². The summed E-state index contributed by atoms with van der Waals surface area (Å²) in [5, 5.41) is 0. The monoisotopic (exact) mass is 267 g/mol. The van der Waals surface area contributed by atoms with Gasteiger partial charge >= 0.3 is 49.4 Å². The number of rotatable bonds is 0. The molecule has 0 N–H and O–H groups in total. The Balaban J connectivity index is 0. The van der Waals surface area contributed by atoms with E-state index in [9.17, 15) is 0 Å². The van der Waals surface area contributed by atoms with Crippen LogP contribution in [0.25, 0.3) is 0 Å². The van der Waals surface area contributed by atoms with Gasteiger partial charge in [0.25, 0.3) is 0 Å². The third-order valence-corrected chi connectivity index (χ3v) is 0. The van der Waals surface area contributed by atoms with Crippen LogP contribution < -0.4 is 9.79 Å². The van der Waals surface area contributed by atoms with Gasteiger partial charge in [-0.25, -0.2) is 0 Å². The van der Waals surface area contributed by atoms with Crippen LogP contribution in [0, 0.1) is 49.4 Å². The van der Waals surface area contributed by atoms with Crippen LogP contribution in [0.3, 0.4) is 0 Å². The normalized spacial score (nSPS) is 9.83. The average Bonchev–Trinajstić information content (AvgIpc) is 0.722. The maximum Gasteiger partial charge on any atom is 2.00 e. The van der Waals surface area contributed by atoms with Crippen LogP contribution in [0.1, 0.15) is 0 Å². The molecular weight excluding hydrogens is 266 g/mol. The summed E-state index contributed by atoms with van der Waals surface area (Å²) in [7, 11) is 0. The smallest absolute Gasteiger partial charge is 0.799 e. The molecule has 0 saturated carbocycles. The van der Waals surface area contributed by atoms with Gasteiger partial charge in [0.1, 0.15) is 0 Å². The summed E-state index contributed by atoms with van der Waals surface area (Å²) < 4.78 is 8.87. The maximum absolute atomic E-state index is 8.87. The van der Waals surface area contributed by atoms with Crippen LogP contribution in [0.15, 0.2) is 0 Å². The maximum atomic E-state index is 8.87. The van der Waals surface area contributed by atoms with Gasteiger partial charge in [0, 0.05) is 6.95 Å². The molecule has 0 rings (SSSR count). The fraction of sp³-hybridized carbons (Fsp3) is 0. The molecule has 1 radical (unpaired) electrons. The third-order valence-electron chi connectivity index (χ3n) is 0. The molecule has 6 heteroatoms. The first-order valence-electron chi connectivity index (χ1n) is 0.717. The van der Waals surface area contributed by atoms with Gasteiger partial charge in [-0.2, -0.15) is 0 Å². The van der Waals surface area contributed by atoms with Crippen molar-refractivity contribution in [2.24, 2.45) is 0 Å². The van der Waals surface area contributed by atoms with Gasteiger partial charge in [0.05, 0.1) is 0 Å². The minimum atomic E-state index is -4.67. The minimum absolute atomic E-state index is 0. The summed E-state index contributed by atoms with van der Waals surface area (Å²) in [6.07, 6.45) is 0. The van der Waals surface area contributed by atoms with Gasteiger partial charge < -0.3 is 14.4 Å². The fourth-order valence-corrected chi connectivity index (χ4v) is 0. The van der Waals surface area contributed by atoms with Crippen molar-refractivity contribution in [3.8, 4) is 0 Å². The third kappa shape index (κ3) is 37.1. The molecule has 6 heavy (non-hydrogen) atoms. The first kappa shape index (κ1) is 10.9. The van der Waals surface area contributed by atoms with E-state index in [1.807, 2.05) is 0 Å². The molecule has 37 valence electrons. The summed E-state index contributed by atoms with van der Waals surface area (Å²) in [4.78, 5) is 17.7. The Labute approximate surface area is 80.6 Å². The SMILES string of the molecule is O=P([O-])([O-])Cl.[Eu+2]. The Morgan fingerprint density at radius 2 is 1.50 bits per heavy atom. The van der Waals surface area contributed by atoms with Crippen molar-refractivity contribution in [2.45, 2.75) is 0 Å². The van der Waals surface area contributed by atoms with Crippen LogP contribution in [0.2, 0.25) is 0 Å². The molecular formula is ClEuO3P. The van der Waals surface area contributed by atoms with Gasteiger partial charge in [-0.05, 0) is 0 Å². The molecule has 0 spiro atoms. The van der Waals surface area contributed by atoms with Crippen molar-refractivity contribution >= 4 is 18.2 Å². The fourth-order valence-electron chi connectivity index (χ4n) is 0. The molecule has 0 amide bonds. The predicted octanol–water partition coefficient (Wildman–Crippen LogP) is -0.946. The van der Waals surface area contributed by atoms with Crippen LogP contribution in [0.5, 0.6) is 0 Å². The minimum Gasteiger partial charge on any atom is -0.799 e. The summed E-state index contributed by atoms with van der Waals surface area (Å²) in [5.41, 5.74) is 0. The average molecular weight is 266 g/mol. The first-order valence-corrected chi connectivity index (χ1v) is 3.16. The molecule has 0 aromatic carbocycles. The molecule has 0 aromatic rings. The Kier molecular flexibility index (Phi) is 7.20. The zero-order valence-electron chi connectivity index (χ0n) is 2.43. The number of halogens is 1. The molecule has 0 atom stereocenters. The van der Waals surface area contributed by atoms with Crippen molar-refractivity contribution in [1.29, 1.82) is 0 Å². The van der Waals surface area contributed by atoms with Gasteiger partial charge in [0.15, 0.2) is 0 Å². The molecule has 0 heterocycles. The summed E-state index contributed by atoms with van der Waals surface area (Å²) in [6.45, 7) is -4.67. The topological polar surface area (TPSA) is 63.2 Å². The standard InChI is InChI=1S/ClH2O3P.Eu/c1-5(2,3)4;/h(H2,2,3,4);/q;+2/p-2. The second-order valence-corrected chi connectivity index (χ2v) is 2.53. The van der Waals surface area contributed by atoms with Crippen LogP contribution in [-0.4, -0.2) is 0 Å². The molecule has 0 bridgehead atoms. The van der Waals surface area contributed by atoms with E-state index in [-0.39, 0.29) is 49.4 Å². The van der Waals surface area contributed by atoms with E-state index in [1.54, 1.807) is 0 Å². The summed E-state index contributed by atoms with van der Waals surface area (Å²) in [5.74, 6) is 0. The predicted molar refractivity (Wildman–Crippen MR) is 13.5 cm³/mol. The zero-order valence-corrected chi connectivity index (χ0v) is 6.50. The van der Waals surface area contributed by atoms with Crippen molar-refractivity contribution in [1.82, 2.24) is 0 Å². The molecule has 0 aliphatic heterocycles. The van der Waals surface area contributed by atoms with Crippen LogP contribution >= 0.6 is 18.2 Å².